The van der Waals surface area contributed by atoms with Crippen molar-refractivity contribution in [2.24, 2.45) is 0 Å². The molecule has 0 fully saturated rings. The fourth-order valence-corrected chi connectivity index (χ4v) is 7.02. The molecule has 10 heteroatoms. The Bertz CT molecular complexity index is 1730. The summed E-state index contributed by atoms with van der Waals surface area (Å²) in [5, 5.41) is 3.50. The topological polar surface area (TPSA) is 86.8 Å². The van der Waals surface area contributed by atoms with Crippen molar-refractivity contribution in [1.82, 2.24) is 10.2 Å². The average Bonchev–Trinajstić information content (AvgIpc) is 3.03. The third-order valence-electron chi connectivity index (χ3n) is 7.75. The van der Waals surface area contributed by atoms with E-state index in [1.54, 1.807) is 49.4 Å². The van der Waals surface area contributed by atoms with Crippen molar-refractivity contribution >= 4 is 50.7 Å². The number of nitrogens with zero attached hydrogens (tertiary/aromatic N) is 2. The van der Waals surface area contributed by atoms with Gasteiger partial charge in [0.05, 0.1) is 10.6 Å². The predicted molar refractivity (Wildman–Crippen MR) is 186 cm³/mol. The zero-order chi connectivity index (χ0) is 33.4. The van der Waals surface area contributed by atoms with Crippen LogP contribution in [-0.2, 0) is 32.6 Å². The molecule has 0 radical (unpaired) electrons. The van der Waals surface area contributed by atoms with Gasteiger partial charge in [-0.2, -0.15) is 0 Å². The van der Waals surface area contributed by atoms with E-state index in [-0.39, 0.29) is 29.7 Å². The van der Waals surface area contributed by atoms with Gasteiger partial charge in [0.1, 0.15) is 12.6 Å². The van der Waals surface area contributed by atoms with Crippen molar-refractivity contribution in [1.29, 1.82) is 0 Å². The van der Waals surface area contributed by atoms with E-state index in [1.807, 2.05) is 63.2 Å². The van der Waals surface area contributed by atoms with Crippen LogP contribution in [0.4, 0.5) is 5.69 Å². The van der Waals surface area contributed by atoms with Crippen LogP contribution in [0.3, 0.4) is 0 Å². The molecule has 0 heterocycles. The van der Waals surface area contributed by atoms with Gasteiger partial charge in [0.25, 0.3) is 10.0 Å². The van der Waals surface area contributed by atoms with E-state index in [1.165, 1.54) is 17.0 Å². The lowest BCUT2D eigenvalue weighted by Gasteiger charge is -2.34. The van der Waals surface area contributed by atoms with Gasteiger partial charge in [0.2, 0.25) is 11.8 Å². The minimum atomic E-state index is -4.20. The standard InChI is InChI=1S/C36H39Cl2N3O4S/c1-5-39-36(43)34(22-27-10-7-6-8-11-27)40(23-31-32(37)12-9-13-33(31)38)35(42)24-41(29-18-16-28(17-19-29)25(2)3)46(44,45)30-20-14-26(4)15-21-30/h6-21,25,34H,5,22-24H2,1-4H3,(H,39,43)/t34-/m1/s1. The molecule has 0 spiro atoms. The van der Waals surface area contributed by atoms with E-state index in [2.05, 4.69) is 5.32 Å². The van der Waals surface area contributed by atoms with E-state index in [0.29, 0.717) is 27.8 Å². The Kier molecular flexibility index (Phi) is 11.9. The molecule has 0 aliphatic rings. The quantitative estimate of drug-likeness (QED) is 0.160. The Balaban J connectivity index is 1.83. The van der Waals surface area contributed by atoms with Gasteiger partial charge < -0.3 is 10.2 Å². The number of hydrogen-bond donors (Lipinski definition) is 1. The summed E-state index contributed by atoms with van der Waals surface area (Å²) in [7, 11) is -4.20. The second-order valence-corrected chi connectivity index (χ2v) is 14.1. The van der Waals surface area contributed by atoms with E-state index < -0.39 is 28.5 Å². The average molecular weight is 681 g/mol. The molecule has 1 atom stereocenters. The Hall–Kier alpha value is -3.85. The monoisotopic (exact) mass is 679 g/mol. The maximum absolute atomic E-state index is 14.6. The number of likely N-dealkylation sites (N-methyl/N-ethyl adjacent to an activating group) is 1. The van der Waals surface area contributed by atoms with E-state index in [0.717, 1.165) is 21.0 Å². The molecule has 242 valence electrons. The first kappa shape index (κ1) is 35.0. The zero-order valence-corrected chi connectivity index (χ0v) is 28.7. The predicted octanol–water partition coefficient (Wildman–Crippen LogP) is 7.40. The van der Waals surface area contributed by atoms with Gasteiger partial charge >= 0.3 is 0 Å². The highest BCUT2D eigenvalue weighted by molar-refractivity contribution is 7.92. The van der Waals surface area contributed by atoms with Crippen LogP contribution in [0, 0.1) is 6.92 Å². The number of benzene rings is 4. The summed E-state index contributed by atoms with van der Waals surface area (Å²) in [5.74, 6) is -0.742. The number of anilines is 1. The molecule has 2 amide bonds. The number of nitrogens with one attached hydrogen (secondary N) is 1. The number of carbonyl (C=O) groups is 2. The largest absolute Gasteiger partial charge is 0.355 e. The number of rotatable bonds is 13. The Morgan fingerprint density at radius 1 is 0.826 bits per heavy atom. The minimum absolute atomic E-state index is 0.0455. The van der Waals surface area contributed by atoms with Crippen LogP contribution >= 0.6 is 23.2 Å². The van der Waals surface area contributed by atoms with Crippen molar-refractivity contribution in [3.05, 3.63) is 129 Å². The molecule has 4 rings (SSSR count). The van der Waals surface area contributed by atoms with E-state index >= 15 is 0 Å². The molecule has 46 heavy (non-hydrogen) atoms. The Labute approximate surface area is 282 Å². The fraction of sp³-hybridized carbons (Fsp3) is 0.278. The molecule has 0 aromatic heterocycles. The zero-order valence-electron chi connectivity index (χ0n) is 26.4. The molecule has 4 aromatic carbocycles. The van der Waals surface area contributed by atoms with E-state index in [4.69, 9.17) is 23.2 Å². The molecule has 0 saturated carbocycles. The van der Waals surface area contributed by atoms with Crippen LogP contribution in [0.2, 0.25) is 10.0 Å². The highest BCUT2D eigenvalue weighted by Gasteiger charge is 2.35. The summed E-state index contributed by atoms with van der Waals surface area (Å²) in [6, 6.07) is 27.0. The van der Waals surface area contributed by atoms with E-state index in [9.17, 15) is 18.0 Å². The normalized spacial score (nSPS) is 12.1. The number of amides is 2. The second kappa shape index (κ2) is 15.6. The Morgan fingerprint density at radius 2 is 1.43 bits per heavy atom. The maximum atomic E-state index is 14.6. The Morgan fingerprint density at radius 3 is 2.00 bits per heavy atom. The molecule has 0 aliphatic carbocycles. The number of halogens is 2. The van der Waals surface area contributed by atoms with Gasteiger partial charge in [-0.3, -0.25) is 13.9 Å². The maximum Gasteiger partial charge on any atom is 0.264 e. The molecule has 1 N–H and O–H groups in total. The third kappa shape index (κ3) is 8.49. The molecular formula is C36H39Cl2N3O4S. The van der Waals surface area contributed by atoms with Crippen molar-refractivity contribution in [2.75, 3.05) is 17.4 Å². The van der Waals surface area contributed by atoms with Gasteiger partial charge in [-0.15, -0.1) is 0 Å². The molecule has 0 unspecified atom stereocenters. The minimum Gasteiger partial charge on any atom is -0.355 e. The highest BCUT2D eigenvalue weighted by Crippen LogP contribution is 2.30. The fourth-order valence-electron chi connectivity index (χ4n) is 5.09. The molecule has 7 nitrogen and oxygen atoms in total. The van der Waals surface area contributed by atoms with Crippen LogP contribution in [0.25, 0.3) is 0 Å². The molecule has 0 aliphatic heterocycles. The van der Waals surface area contributed by atoms with Gasteiger partial charge in [-0.05, 0) is 67.3 Å². The molecule has 4 aromatic rings. The molecule has 0 saturated heterocycles. The van der Waals surface area contributed by atoms with Gasteiger partial charge in [0.15, 0.2) is 0 Å². The number of carbonyl (C=O) groups excluding carboxylic acids is 2. The highest BCUT2D eigenvalue weighted by atomic mass is 35.5. The third-order valence-corrected chi connectivity index (χ3v) is 10.2. The van der Waals surface area contributed by atoms with Crippen LogP contribution in [0.1, 0.15) is 48.9 Å². The smallest absolute Gasteiger partial charge is 0.264 e. The summed E-state index contributed by atoms with van der Waals surface area (Å²) in [6.07, 6.45) is 0.189. The van der Waals surface area contributed by atoms with Crippen LogP contribution < -0.4 is 9.62 Å². The van der Waals surface area contributed by atoms with Gasteiger partial charge in [-0.25, -0.2) is 8.42 Å². The number of aryl methyl sites for hydroxylation is 1. The lowest BCUT2D eigenvalue weighted by atomic mass is 10.0. The second-order valence-electron chi connectivity index (χ2n) is 11.4. The first-order valence-corrected chi connectivity index (χ1v) is 17.3. The summed E-state index contributed by atoms with van der Waals surface area (Å²) in [6.45, 7) is 7.42. The SMILES string of the molecule is CCNC(=O)[C@@H](Cc1ccccc1)N(Cc1c(Cl)cccc1Cl)C(=O)CN(c1ccc(C(C)C)cc1)S(=O)(=O)c1ccc(C)cc1. The van der Waals surface area contributed by atoms with Crippen molar-refractivity contribution in [2.45, 2.75) is 57.5 Å². The summed E-state index contributed by atoms with van der Waals surface area (Å²) < 4.78 is 29.5. The van der Waals surface area contributed by atoms with Gasteiger partial charge in [-0.1, -0.05) is 103 Å². The lowest BCUT2D eigenvalue weighted by Crippen LogP contribution is -2.53. The van der Waals surface area contributed by atoms with Crippen LogP contribution in [0.5, 0.6) is 0 Å². The van der Waals surface area contributed by atoms with Crippen molar-refractivity contribution in [3.63, 3.8) is 0 Å². The van der Waals surface area contributed by atoms with Crippen molar-refractivity contribution < 1.29 is 18.0 Å². The van der Waals surface area contributed by atoms with Gasteiger partial charge in [0, 0.05) is 35.1 Å². The lowest BCUT2D eigenvalue weighted by molar-refractivity contribution is -0.140. The van der Waals surface area contributed by atoms with Crippen molar-refractivity contribution in [3.8, 4) is 0 Å². The first-order valence-electron chi connectivity index (χ1n) is 15.2. The number of sulfonamides is 1. The summed E-state index contributed by atoms with van der Waals surface area (Å²) >= 11 is 13.1. The molecule has 0 bridgehead atoms. The number of hydrogen-bond acceptors (Lipinski definition) is 4. The summed E-state index contributed by atoms with van der Waals surface area (Å²) in [4.78, 5) is 29.6. The first-order chi connectivity index (χ1) is 21.9. The van der Waals surface area contributed by atoms with Crippen LogP contribution in [0.15, 0.2) is 102 Å². The van der Waals surface area contributed by atoms with Crippen LogP contribution in [-0.4, -0.2) is 44.3 Å². The molecular weight excluding hydrogens is 641 g/mol. The summed E-state index contributed by atoms with van der Waals surface area (Å²) in [5.41, 5.74) is 3.53.